The molecule has 0 aromatic carbocycles. The lowest BCUT2D eigenvalue weighted by Gasteiger charge is -2.18. The average Bonchev–Trinajstić information content (AvgIpc) is 2.39. The zero-order valence-electron chi connectivity index (χ0n) is 10.6. The quantitative estimate of drug-likeness (QED) is 0.269. The predicted octanol–water partition coefficient (Wildman–Crippen LogP) is -1.08. The van der Waals surface area contributed by atoms with Gasteiger partial charge in [-0.05, 0) is 24.9 Å². The molecule has 0 heterocycles. The number of aliphatic carboxylic acids is 1. The first kappa shape index (κ1) is 17.7. The van der Waals surface area contributed by atoms with Gasteiger partial charge in [0.25, 0.3) is 5.91 Å². The fourth-order valence-electron chi connectivity index (χ4n) is 1.27. The lowest BCUT2D eigenvalue weighted by atomic mass is 10.1. The van der Waals surface area contributed by atoms with Crippen LogP contribution < -0.4 is 16.5 Å². The van der Waals surface area contributed by atoms with Crippen molar-refractivity contribution >= 4 is 29.5 Å². The van der Waals surface area contributed by atoms with Crippen LogP contribution >= 0.6 is 11.8 Å². The van der Waals surface area contributed by atoms with Crippen LogP contribution in [0.1, 0.15) is 19.3 Å². The molecule has 0 aliphatic heterocycles. The second-order valence-electron chi connectivity index (χ2n) is 3.86. The van der Waals surface area contributed by atoms with E-state index in [1.807, 2.05) is 6.26 Å². The fraction of sp³-hybridized carbons (Fsp3) is 0.700. The summed E-state index contributed by atoms with van der Waals surface area (Å²) < 4.78 is 0. The van der Waals surface area contributed by atoms with E-state index in [0.29, 0.717) is 12.2 Å². The molecule has 0 fully saturated rings. The van der Waals surface area contributed by atoms with Gasteiger partial charge in [-0.3, -0.25) is 19.6 Å². The smallest absolute Gasteiger partial charge is 0.303 e. The molecule has 2 atom stereocenters. The van der Waals surface area contributed by atoms with Crippen molar-refractivity contribution in [1.82, 2.24) is 10.8 Å². The van der Waals surface area contributed by atoms with E-state index >= 15 is 0 Å². The molecular weight excluding hydrogens is 274 g/mol. The van der Waals surface area contributed by atoms with Crippen molar-refractivity contribution in [2.45, 2.75) is 31.3 Å². The molecule has 19 heavy (non-hydrogen) atoms. The van der Waals surface area contributed by atoms with Crippen molar-refractivity contribution in [1.29, 1.82) is 0 Å². The van der Waals surface area contributed by atoms with Crippen molar-refractivity contribution in [3.05, 3.63) is 0 Å². The molecule has 2 amide bonds. The van der Waals surface area contributed by atoms with Gasteiger partial charge in [0.15, 0.2) is 0 Å². The SMILES string of the molecule is CSCCC(NC(=O)C(N)CCC(=O)O)C(=O)NO. The standard InChI is InChI=1S/C10H19N3O5S/c1-19-5-4-7(10(17)13-18)12-9(16)6(11)2-3-8(14)15/h6-7,18H,2-5,11H2,1H3,(H,12,16)(H,13,17)(H,14,15). The highest BCUT2D eigenvalue weighted by molar-refractivity contribution is 7.98. The third kappa shape index (κ3) is 7.65. The summed E-state index contributed by atoms with van der Waals surface area (Å²) in [6.07, 6.45) is 1.94. The number of carboxylic acid groups (broad SMARTS) is 1. The highest BCUT2D eigenvalue weighted by Gasteiger charge is 2.23. The van der Waals surface area contributed by atoms with Gasteiger partial charge in [-0.15, -0.1) is 0 Å². The van der Waals surface area contributed by atoms with Gasteiger partial charge in [-0.1, -0.05) is 0 Å². The molecule has 0 aliphatic rings. The summed E-state index contributed by atoms with van der Waals surface area (Å²) in [7, 11) is 0. The van der Waals surface area contributed by atoms with Crippen LogP contribution in [0.3, 0.4) is 0 Å². The van der Waals surface area contributed by atoms with Gasteiger partial charge < -0.3 is 16.2 Å². The zero-order chi connectivity index (χ0) is 14.8. The van der Waals surface area contributed by atoms with Gasteiger partial charge in [0.05, 0.1) is 6.04 Å². The first-order valence-corrected chi connectivity index (χ1v) is 7.02. The van der Waals surface area contributed by atoms with Crippen LogP contribution in [0, 0.1) is 0 Å². The third-order valence-corrected chi connectivity index (χ3v) is 3.00. The number of carbonyl (C=O) groups is 3. The Balaban J connectivity index is 4.35. The van der Waals surface area contributed by atoms with Crippen LogP contribution in [0.25, 0.3) is 0 Å². The van der Waals surface area contributed by atoms with E-state index in [1.54, 1.807) is 0 Å². The minimum absolute atomic E-state index is 0.0167. The molecule has 9 heteroatoms. The molecule has 6 N–H and O–H groups in total. The molecule has 2 unspecified atom stereocenters. The Hall–Kier alpha value is -1.32. The highest BCUT2D eigenvalue weighted by atomic mass is 32.2. The number of nitrogens with one attached hydrogen (secondary N) is 2. The summed E-state index contributed by atoms with van der Waals surface area (Å²) >= 11 is 1.49. The largest absolute Gasteiger partial charge is 0.481 e. The number of carbonyl (C=O) groups excluding carboxylic acids is 2. The number of hydroxylamine groups is 1. The predicted molar refractivity (Wildman–Crippen MR) is 69.7 cm³/mol. The lowest BCUT2D eigenvalue weighted by Crippen LogP contribution is -2.51. The molecule has 8 nitrogen and oxygen atoms in total. The monoisotopic (exact) mass is 293 g/mol. The van der Waals surface area contributed by atoms with Crippen LogP contribution in [0.15, 0.2) is 0 Å². The van der Waals surface area contributed by atoms with Crippen molar-refractivity contribution in [2.75, 3.05) is 12.0 Å². The normalized spacial score (nSPS) is 13.4. The Morgan fingerprint density at radius 1 is 1.26 bits per heavy atom. The number of hydrogen-bond donors (Lipinski definition) is 5. The lowest BCUT2D eigenvalue weighted by molar-refractivity contribution is -0.138. The van der Waals surface area contributed by atoms with Crippen LogP contribution in [0.5, 0.6) is 0 Å². The van der Waals surface area contributed by atoms with Gasteiger partial charge >= 0.3 is 5.97 Å². The van der Waals surface area contributed by atoms with Crippen molar-refractivity contribution in [3.63, 3.8) is 0 Å². The molecule has 110 valence electrons. The number of rotatable bonds is 9. The molecule has 0 rings (SSSR count). The summed E-state index contributed by atoms with van der Waals surface area (Å²) in [5.74, 6) is -1.78. The summed E-state index contributed by atoms with van der Waals surface area (Å²) in [6, 6.07) is -1.89. The molecule has 0 bridgehead atoms. The minimum atomic E-state index is -1.05. The summed E-state index contributed by atoms with van der Waals surface area (Å²) in [6.45, 7) is 0. The molecular formula is C10H19N3O5S. The summed E-state index contributed by atoms with van der Waals surface area (Å²) in [4.78, 5) is 33.3. The van der Waals surface area contributed by atoms with E-state index in [2.05, 4.69) is 5.32 Å². The van der Waals surface area contributed by atoms with E-state index in [9.17, 15) is 14.4 Å². The zero-order valence-corrected chi connectivity index (χ0v) is 11.4. The number of hydrogen-bond acceptors (Lipinski definition) is 6. The van der Waals surface area contributed by atoms with Gasteiger partial charge in [0, 0.05) is 6.42 Å². The molecule has 0 saturated heterocycles. The first-order chi connectivity index (χ1) is 8.92. The molecule has 0 aromatic heterocycles. The van der Waals surface area contributed by atoms with Gasteiger partial charge in [-0.25, -0.2) is 5.48 Å². The van der Waals surface area contributed by atoms with E-state index in [4.69, 9.17) is 16.0 Å². The van der Waals surface area contributed by atoms with E-state index in [1.165, 1.54) is 17.2 Å². The fourth-order valence-corrected chi connectivity index (χ4v) is 1.74. The van der Waals surface area contributed by atoms with Crippen LogP contribution in [0.2, 0.25) is 0 Å². The second kappa shape index (κ2) is 9.59. The Kier molecular flexibility index (Phi) is 8.92. The van der Waals surface area contributed by atoms with Crippen molar-refractivity contribution in [2.24, 2.45) is 5.73 Å². The minimum Gasteiger partial charge on any atom is -0.481 e. The van der Waals surface area contributed by atoms with E-state index in [-0.39, 0.29) is 12.8 Å². The van der Waals surface area contributed by atoms with Crippen LogP contribution in [-0.4, -0.2) is 52.2 Å². The molecule has 0 aromatic rings. The number of thioether (sulfide) groups is 1. The molecule has 0 saturated carbocycles. The van der Waals surface area contributed by atoms with Gasteiger partial charge in [-0.2, -0.15) is 11.8 Å². The number of amides is 2. The average molecular weight is 293 g/mol. The maximum atomic E-state index is 11.7. The van der Waals surface area contributed by atoms with E-state index < -0.39 is 29.9 Å². The topological polar surface area (TPSA) is 142 Å². The van der Waals surface area contributed by atoms with Crippen molar-refractivity contribution in [3.8, 4) is 0 Å². The van der Waals surface area contributed by atoms with Crippen molar-refractivity contribution < 1.29 is 24.7 Å². The molecule has 0 radical (unpaired) electrons. The van der Waals surface area contributed by atoms with Crippen LogP contribution in [-0.2, 0) is 14.4 Å². The number of carboxylic acids is 1. The Bertz CT molecular complexity index is 326. The van der Waals surface area contributed by atoms with E-state index in [0.717, 1.165) is 0 Å². The Morgan fingerprint density at radius 3 is 2.37 bits per heavy atom. The molecule has 0 spiro atoms. The molecule has 0 aliphatic carbocycles. The third-order valence-electron chi connectivity index (χ3n) is 2.36. The maximum Gasteiger partial charge on any atom is 0.303 e. The summed E-state index contributed by atoms with van der Waals surface area (Å²) in [5, 5.41) is 19.4. The highest BCUT2D eigenvalue weighted by Crippen LogP contribution is 2.02. The van der Waals surface area contributed by atoms with Crippen LogP contribution in [0.4, 0.5) is 0 Å². The number of nitrogens with two attached hydrogens (primary N) is 1. The van der Waals surface area contributed by atoms with Gasteiger partial charge in [0.2, 0.25) is 5.91 Å². The Labute approximate surface area is 115 Å². The second-order valence-corrected chi connectivity index (χ2v) is 4.84. The maximum absolute atomic E-state index is 11.7. The summed E-state index contributed by atoms with van der Waals surface area (Å²) in [5.41, 5.74) is 6.98. The first-order valence-electron chi connectivity index (χ1n) is 5.63. The Morgan fingerprint density at radius 2 is 1.89 bits per heavy atom. The van der Waals surface area contributed by atoms with Gasteiger partial charge in [0.1, 0.15) is 6.04 Å².